The lowest BCUT2D eigenvalue weighted by atomic mass is 10.1. The molecule has 0 spiro atoms. The van der Waals surface area contributed by atoms with Crippen molar-refractivity contribution in [2.45, 2.75) is 13.8 Å². The van der Waals surface area contributed by atoms with Crippen molar-refractivity contribution in [3.8, 4) is 0 Å². The lowest BCUT2D eigenvalue weighted by molar-refractivity contribution is -0.384. The Bertz CT molecular complexity index is 1220. The number of hydrogen-bond acceptors (Lipinski definition) is 5. The van der Waals surface area contributed by atoms with Crippen molar-refractivity contribution in [2.24, 2.45) is 0 Å². The maximum Gasteiger partial charge on any atom is 0.293 e. The van der Waals surface area contributed by atoms with Gasteiger partial charge in [0.25, 0.3) is 5.69 Å². The minimum atomic E-state index is -0.338. The van der Waals surface area contributed by atoms with E-state index in [9.17, 15) is 10.1 Å². The molecule has 0 aliphatic heterocycles. The van der Waals surface area contributed by atoms with Crippen LogP contribution in [-0.2, 0) is 0 Å². The summed E-state index contributed by atoms with van der Waals surface area (Å²) in [6.07, 6.45) is 3.78. The van der Waals surface area contributed by atoms with Crippen LogP contribution in [0.1, 0.15) is 21.7 Å². The molecule has 0 fully saturated rings. The van der Waals surface area contributed by atoms with Crippen molar-refractivity contribution < 1.29 is 4.92 Å². The van der Waals surface area contributed by atoms with E-state index >= 15 is 0 Å². The minimum absolute atomic E-state index is 0.0686. The minimum Gasteiger partial charge on any atom is -0.339 e. The number of aromatic nitrogens is 1. The molecule has 0 radical (unpaired) electrons. The van der Waals surface area contributed by atoms with Gasteiger partial charge in [-0.1, -0.05) is 30.3 Å². The predicted molar refractivity (Wildman–Crippen MR) is 126 cm³/mol. The van der Waals surface area contributed by atoms with E-state index in [1.807, 2.05) is 60.5 Å². The number of hydrogen-bond donors (Lipinski definition) is 0. The molecule has 0 amide bonds. The average molecular weight is 416 g/mol. The third-order valence-electron chi connectivity index (χ3n) is 5.14. The van der Waals surface area contributed by atoms with Crippen LogP contribution in [0.4, 0.5) is 17.1 Å². The summed E-state index contributed by atoms with van der Waals surface area (Å²) < 4.78 is 1.14. The van der Waals surface area contributed by atoms with E-state index in [2.05, 4.69) is 31.0 Å². The SMILES string of the molecule is Cc1cc2nc(C=Cc3ccc(N(C)c4ccccc4)c([N+](=O)[O-])c3)sc2cc1C. The first kappa shape index (κ1) is 19.8. The molecule has 0 aliphatic carbocycles. The second-order valence-electron chi connectivity index (χ2n) is 7.19. The number of nitro benzene ring substituents is 1. The highest BCUT2D eigenvalue weighted by molar-refractivity contribution is 7.19. The third-order valence-corrected chi connectivity index (χ3v) is 6.12. The highest BCUT2D eigenvalue weighted by atomic mass is 32.1. The summed E-state index contributed by atoms with van der Waals surface area (Å²) in [4.78, 5) is 17.9. The van der Waals surface area contributed by atoms with Gasteiger partial charge in [-0.05, 0) is 66.9 Å². The fourth-order valence-electron chi connectivity index (χ4n) is 3.30. The van der Waals surface area contributed by atoms with Gasteiger partial charge in [0.05, 0.1) is 15.1 Å². The molecule has 5 nitrogen and oxygen atoms in total. The van der Waals surface area contributed by atoms with Gasteiger partial charge in [-0.15, -0.1) is 11.3 Å². The second kappa shape index (κ2) is 8.08. The number of anilines is 2. The van der Waals surface area contributed by atoms with E-state index in [1.165, 1.54) is 11.1 Å². The Kier molecular flexibility index (Phi) is 5.33. The van der Waals surface area contributed by atoms with E-state index in [4.69, 9.17) is 0 Å². The normalized spacial score (nSPS) is 11.3. The maximum absolute atomic E-state index is 11.7. The molecule has 0 saturated heterocycles. The first-order valence-electron chi connectivity index (χ1n) is 9.55. The quantitative estimate of drug-likeness (QED) is 0.267. The molecule has 0 N–H and O–H groups in total. The van der Waals surface area contributed by atoms with Gasteiger partial charge in [0, 0.05) is 18.8 Å². The highest BCUT2D eigenvalue weighted by Crippen LogP contribution is 2.34. The Morgan fingerprint density at radius 3 is 2.47 bits per heavy atom. The van der Waals surface area contributed by atoms with E-state index < -0.39 is 0 Å². The van der Waals surface area contributed by atoms with Crippen molar-refractivity contribution in [2.75, 3.05) is 11.9 Å². The second-order valence-corrected chi connectivity index (χ2v) is 8.25. The Morgan fingerprint density at radius 2 is 1.73 bits per heavy atom. The highest BCUT2D eigenvalue weighted by Gasteiger charge is 2.18. The Morgan fingerprint density at radius 1 is 1.00 bits per heavy atom. The van der Waals surface area contributed by atoms with Crippen LogP contribution in [0.5, 0.6) is 0 Å². The third kappa shape index (κ3) is 3.95. The summed E-state index contributed by atoms with van der Waals surface area (Å²) in [5, 5.41) is 12.6. The number of fused-ring (bicyclic) bond motifs is 1. The van der Waals surface area contributed by atoms with Crippen molar-refractivity contribution in [1.29, 1.82) is 0 Å². The fraction of sp³-hybridized carbons (Fsp3) is 0.125. The molecule has 30 heavy (non-hydrogen) atoms. The summed E-state index contributed by atoms with van der Waals surface area (Å²) in [7, 11) is 1.83. The molecular weight excluding hydrogens is 394 g/mol. The van der Waals surface area contributed by atoms with Gasteiger partial charge >= 0.3 is 0 Å². The topological polar surface area (TPSA) is 59.3 Å². The van der Waals surface area contributed by atoms with Gasteiger partial charge in [-0.3, -0.25) is 10.1 Å². The molecule has 0 bridgehead atoms. The number of nitro groups is 1. The van der Waals surface area contributed by atoms with Crippen LogP contribution in [0, 0.1) is 24.0 Å². The van der Waals surface area contributed by atoms with E-state index in [-0.39, 0.29) is 10.6 Å². The number of aryl methyl sites for hydroxylation is 2. The zero-order valence-electron chi connectivity index (χ0n) is 17.0. The van der Waals surface area contributed by atoms with Crippen LogP contribution in [0.15, 0.2) is 60.7 Å². The van der Waals surface area contributed by atoms with Crippen LogP contribution in [0.2, 0.25) is 0 Å². The largest absolute Gasteiger partial charge is 0.339 e. The zero-order valence-corrected chi connectivity index (χ0v) is 17.8. The van der Waals surface area contributed by atoms with Gasteiger partial charge in [0.2, 0.25) is 0 Å². The van der Waals surface area contributed by atoms with Crippen molar-refractivity contribution >= 4 is 50.8 Å². The lowest BCUT2D eigenvalue weighted by Crippen LogP contribution is -2.11. The Labute approximate surface area is 179 Å². The smallest absolute Gasteiger partial charge is 0.293 e. The molecule has 1 heterocycles. The fourth-order valence-corrected chi connectivity index (χ4v) is 4.25. The molecular formula is C24H21N3O2S. The Balaban J connectivity index is 1.65. The van der Waals surface area contributed by atoms with Crippen LogP contribution in [0.3, 0.4) is 0 Å². The van der Waals surface area contributed by atoms with Gasteiger partial charge in [-0.25, -0.2) is 4.98 Å². The molecule has 0 saturated carbocycles. The van der Waals surface area contributed by atoms with Crippen LogP contribution < -0.4 is 4.90 Å². The van der Waals surface area contributed by atoms with Gasteiger partial charge in [0.15, 0.2) is 0 Å². The van der Waals surface area contributed by atoms with Crippen molar-refractivity contribution in [3.63, 3.8) is 0 Å². The molecule has 4 aromatic rings. The number of nitrogens with zero attached hydrogens (tertiary/aromatic N) is 3. The number of benzene rings is 3. The molecule has 0 unspecified atom stereocenters. The van der Waals surface area contributed by atoms with Crippen LogP contribution in [-0.4, -0.2) is 17.0 Å². The van der Waals surface area contributed by atoms with Gasteiger partial charge in [0.1, 0.15) is 10.7 Å². The first-order chi connectivity index (χ1) is 14.4. The summed E-state index contributed by atoms with van der Waals surface area (Å²) >= 11 is 1.62. The molecule has 0 atom stereocenters. The van der Waals surface area contributed by atoms with Crippen molar-refractivity contribution in [3.05, 3.63) is 92.5 Å². The van der Waals surface area contributed by atoms with E-state index in [1.54, 1.807) is 23.5 Å². The van der Waals surface area contributed by atoms with Gasteiger partial charge in [-0.2, -0.15) is 0 Å². The summed E-state index contributed by atoms with van der Waals surface area (Å²) in [5.41, 5.74) is 5.72. The average Bonchev–Trinajstić information content (AvgIpc) is 3.14. The summed E-state index contributed by atoms with van der Waals surface area (Å²) in [5.74, 6) is 0. The van der Waals surface area contributed by atoms with Crippen molar-refractivity contribution in [1.82, 2.24) is 4.98 Å². The first-order valence-corrected chi connectivity index (χ1v) is 10.4. The van der Waals surface area contributed by atoms with E-state index in [0.717, 1.165) is 26.5 Å². The summed E-state index contributed by atoms with van der Waals surface area (Å²) in [6.45, 7) is 4.17. The standard InChI is InChI=1S/C24H21N3O2S/c1-16-13-20-23(14-17(16)2)30-24(25-20)12-10-18-9-11-21(22(15-18)27(28)29)26(3)19-7-5-4-6-8-19/h4-15H,1-3H3. The van der Waals surface area contributed by atoms with Gasteiger partial charge < -0.3 is 4.90 Å². The molecule has 150 valence electrons. The molecule has 6 heteroatoms. The molecule has 1 aromatic heterocycles. The predicted octanol–water partition coefficient (Wildman–Crippen LogP) is 6.76. The summed E-state index contributed by atoms with van der Waals surface area (Å²) in [6, 6.07) is 19.1. The Hall–Kier alpha value is -3.51. The van der Waals surface area contributed by atoms with Crippen LogP contribution in [0.25, 0.3) is 22.4 Å². The molecule has 0 aliphatic rings. The molecule has 3 aromatic carbocycles. The van der Waals surface area contributed by atoms with E-state index in [0.29, 0.717) is 5.69 Å². The number of para-hydroxylation sites is 1. The number of thiazole rings is 1. The monoisotopic (exact) mass is 415 g/mol. The molecule has 4 rings (SSSR count). The number of rotatable bonds is 5. The van der Waals surface area contributed by atoms with Crippen LogP contribution >= 0.6 is 11.3 Å². The lowest BCUT2D eigenvalue weighted by Gasteiger charge is -2.19. The maximum atomic E-state index is 11.7. The zero-order chi connectivity index (χ0) is 21.3.